The summed E-state index contributed by atoms with van der Waals surface area (Å²) in [5, 5.41) is 2.80. The Hall–Kier alpha value is -0.580. The highest BCUT2D eigenvalue weighted by Gasteiger charge is 2.09. The van der Waals surface area contributed by atoms with Gasteiger partial charge in [-0.3, -0.25) is 4.79 Å². The van der Waals surface area contributed by atoms with Gasteiger partial charge >= 0.3 is 0 Å². The van der Waals surface area contributed by atoms with Crippen molar-refractivity contribution in [1.29, 1.82) is 0 Å². The molecule has 1 aromatic rings. The van der Waals surface area contributed by atoms with Gasteiger partial charge in [-0.2, -0.15) is 0 Å². The van der Waals surface area contributed by atoms with Gasteiger partial charge in [0.25, 0.3) is 0 Å². The van der Waals surface area contributed by atoms with Gasteiger partial charge in [-0.05, 0) is 37.1 Å². The van der Waals surface area contributed by atoms with E-state index in [1.54, 1.807) is 6.92 Å². The monoisotopic (exact) mass is 306 g/mol. The van der Waals surface area contributed by atoms with Crippen molar-refractivity contribution in [3.8, 4) is 0 Å². The lowest BCUT2D eigenvalue weighted by Gasteiger charge is -2.11. The third-order valence-electron chi connectivity index (χ3n) is 2.12. The van der Waals surface area contributed by atoms with Crippen molar-refractivity contribution in [3.63, 3.8) is 0 Å². The van der Waals surface area contributed by atoms with Crippen LogP contribution in [0, 0.1) is 0 Å². The largest absolute Gasteiger partial charge is 0.324 e. The molecule has 0 bridgehead atoms. The lowest BCUT2D eigenvalue weighted by Crippen LogP contribution is -2.32. The fourth-order valence-corrected chi connectivity index (χ4v) is 1.63. The van der Waals surface area contributed by atoms with Crippen molar-refractivity contribution >= 4 is 39.9 Å². The molecular formula is C11H16BrClN2O. The fourth-order valence-electron chi connectivity index (χ4n) is 1.22. The van der Waals surface area contributed by atoms with Crippen LogP contribution in [-0.2, 0) is 11.2 Å². The molecule has 0 aliphatic carbocycles. The van der Waals surface area contributed by atoms with Crippen LogP contribution in [0.1, 0.15) is 19.4 Å². The predicted molar refractivity (Wildman–Crippen MR) is 73.0 cm³/mol. The molecule has 1 rings (SSSR count). The highest BCUT2D eigenvalue weighted by Crippen LogP contribution is 2.21. The summed E-state index contributed by atoms with van der Waals surface area (Å²) < 4.78 is 1.01. The number of hydrogen-bond donors (Lipinski definition) is 2. The van der Waals surface area contributed by atoms with E-state index in [0.717, 1.165) is 22.1 Å². The molecule has 1 amide bonds. The van der Waals surface area contributed by atoms with Crippen LogP contribution in [0.3, 0.4) is 0 Å². The first-order valence-corrected chi connectivity index (χ1v) is 5.68. The maximum atomic E-state index is 11.4. The molecule has 0 heterocycles. The van der Waals surface area contributed by atoms with E-state index in [-0.39, 0.29) is 18.3 Å². The second-order valence-electron chi connectivity index (χ2n) is 3.43. The number of nitrogens with two attached hydrogens (primary N) is 1. The molecule has 0 spiro atoms. The lowest BCUT2D eigenvalue weighted by atomic mass is 10.1. The molecule has 0 radical (unpaired) electrons. The summed E-state index contributed by atoms with van der Waals surface area (Å²) in [7, 11) is 0. The lowest BCUT2D eigenvalue weighted by molar-refractivity contribution is -0.117. The molecule has 1 aromatic carbocycles. The molecule has 0 aliphatic rings. The number of rotatable bonds is 3. The second kappa shape index (κ2) is 6.89. The van der Waals surface area contributed by atoms with Crippen LogP contribution in [0.15, 0.2) is 22.7 Å². The van der Waals surface area contributed by atoms with Crippen LogP contribution in [0.5, 0.6) is 0 Å². The quantitative estimate of drug-likeness (QED) is 0.902. The van der Waals surface area contributed by atoms with Gasteiger partial charge in [0.05, 0.1) is 6.04 Å². The Morgan fingerprint density at radius 3 is 2.69 bits per heavy atom. The Balaban J connectivity index is 0.00000225. The molecule has 0 saturated carbocycles. The number of halogens is 2. The molecule has 16 heavy (non-hydrogen) atoms. The highest BCUT2D eigenvalue weighted by molar-refractivity contribution is 9.10. The third kappa shape index (κ3) is 4.12. The van der Waals surface area contributed by atoms with Gasteiger partial charge in [0.2, 0.25) is 5.91 Å². The van der Waals surface area contributed by atoms with Gasteiger partial charge < -0.3 is 11.1 Å². The number of amides is 1. The maximum Gasteiger partial charge on any atom is 0.241 e. The van der Waals surface area contributed by atoms with E-state index in [1.165, 1.54) is 0 Å². The van der Waals surface area contributed by atoms with Crippen molar-refractivity contribution < 1.29 is 4.79 Å². The van der Waals surface area contributed by atoms with Gasteiger partial charge in [0.1, 0.15) is 0 Å². The van der Waals surface area contributed by atoms with E-state index >= 15 is 0 Å². The van der Waals surface area contributed by atoms with Crippen molar-refractivity contribution in [2.75, 3.05) is 5.32 Å². The van der Waals surface area contributed by atoms with E-state index in [0.29, 0.717) is 0 Å². The molecule has 0 unspecified atom stereocenters. The summed E-state index contributed by atoms with van der Waals surface area (Å²) in [5.41, 5.74) is 7.42. The fraction of sp³-hybridized carbons (Fsp3) is 0.364. The van der Waals surface area contributed by atoms with Crippen LogP contribution in [0.2, 0.25) is 0 Å². The summed E-state index contributed by atoms with van der Waals surface area (Å²) in [6.07, 6.45) is 0.869. The number of hydrogen-bond acceptors (Lipinski definition) is 2. The Morgan fingerprint density at radius 2 is 2.19 bits per heavy atom. The van der Waals surface area contributed by atoms with E-state index in [2.05, 4.69) is 21.2 Å². The average Bonchev–Trinajstić information content (AvgIpc) is 2.20. The zero-order valence-corrected chi connectivity index (χ0v) is 11.7. The average molecular weight is 308 g/mol. The molecular weight excluding hydrogens is 291 g/mol. The first kappa shape index (κ1) is 15.4. The number of nitrogens with one attached hydrogen (secondary N) is 1. The summed E-state index contributed by atoms with van der Waals surface area (Å²) in [4.78, 5) is 11.4. The molecule has 0 fully saturated rings. The minimum atomic E-state index is -0.488. The standard InChI is InChI=1S/C11H15BrN2O.ClH/c1-3-8-6-9(12)4-5-10(8)14-11(15)7(2)13;/h4-7H,3,13H2,1-2H3,(H,14,15);1H/t7-;/m1./s1. The first-order valence-electron chi connectivity index (χ1n) is 4.89. The Bertz CT molecular complexity index is 369. The summed E-state index contributed by atoms with van der Waals surface area (Å²) in [5.74, 6) is -0.160. The van der Waals surface area contributed by atoms with Crippen LogP contribution in [0.4, 0.5) is 5.69 Å². The molecule has 0 aromatic heterocycles. The Morgan fingerprint density at radius 1 is 1.56 bits per heavy atom. The number of benzene rings is 1. The summed E-state index contributed by atoms with van der Waals surface area (Å²) >= 11 is 3.39. The number of anilines is 1. The third-order valence-corrected chi connectivity index (χ3v) is 2.61. The zero-order valence-electron chi connectivity index (χ0n) is 9.29. The van der Waals surface area contributed by atoms with Gasteiger partial charge in [0.15, 0.2) is 0 Å². The molecule has 1 atom stereocenters. The van der Waals surface area contributed by atoms with Crippen LogP contribution < -0.4 is 11.1 Å². The van der Waals surface area contributed by atoms with E-state index in [4.69, 9.17) is 5.73 Å². The van der Waals surface area contributed by atoms with Crippen molar-refractivity contribution in [1.82, 2.24) is 0 Å². The van der Waals surface area contributed by atoms with Crippen LogP contribution in [-0.4, -0.2) is 11.9 Å². The van der Waals surface area contributed by atoms with Crippen LogP contribution in [0.25, 0.3) is 0 Å². The van der Waals surface area contributed by atoms with E-state index < -0.39 is 6.04 Å². The number of carbonyl (C=O) groups is 1. The molecule has 5 heteroatoms. The molecule has 0 saturated heterocycles. The highest BCUT2D eigenvalue weighted by atomic mass is 79.9. The topological polar surface area (TPSA) is 55.1 Å². The molecule has 3 nitrogen and oxygen atoms in total. The zero-order chi connectivity index (χ0) is 11.4. The van der Waals surface area contributed by atoms with E-state index in [1.807, 2.05) is 25.1 Å². The smallest absolute Gasteiger partial charge is 0.241 e. The summed E-state index contributed by atoms with van der Waals surface area (Å²) in [6, 6.07) is 5.29. The normalized spacial score (nSPS) is 11.5. The van der Waals surface area contributed by atoms with Crippen molar-refractivity contribution in [3.05, 3.63) is 28.2 Å². The minimum Gasteiger partial charge on any atom is -0.324 e. The van der Waals surface area contributed by atoms with Gasteiger partial charge in [-0.15, -0.1) is 12.4 Å². The molecule has 0 aliphatic heterocycles. The van der Waals surface area contributed by atoms with Gasteiger partial charge in [-0.1, -0.05) is 22.9 Å². The minimum absolute atomic E-state index is 0. The number of carbonyl (C=O) groups excluding carboxylic acids is 1. The number of aryl methyl sites for hydroxylation is 1. The SMILES string of the molecule is CCc1cc(Br)ccc1NC(=O)[C@@H](C)N.Cl. The summed E-state index contributed by atoms with van der Waals surface area (Å²) in [6.45, 7) is 3.71. The first-order chi connectivity index (χ1) is 7.04. The second-order valence-corrected chi connectivity index (χ2v) is 4.35. The van der Waals surface area contributed by atoms with Crippen molar-refractivity contribution in [2.24, 2.45) is 5.73 Å². The van der Waals surface area contributed by atoms with Crippen molar-refractivity contribution in [2.45, 2.75) is 26.3 Å². The predicted octanol–water partition coefficient (Wildman–Crippen LogP) is 2.72. The van der Waals surface area contributed by atoms with Crippen LogP contribution >= 0.6 is 28.3 Å². The van der Waals surface area contributed by atoms with E-state index in [9.17, 15) is 4.79 Å². The Labute approximate surface area is 110 Å². The maximum absolute atomic E-state index is 11.4. The van der Waals surface area contributed by atoms with Gasteiger partial charge in [-0.25, -0.2) is 0 Å². The van der Waals surface area contributed by atoms with Gasteiger partial charge in [0, 0.05) is 10.2 Å². The molecule has 3 N–H and O–H groups in total. The Kier molecular flexibility index (Phi) is 6.64. The molecule has 90 valence electrons.